The summed E-state index contributed by atoms with van der Waals surface area (Å²) < 4.78 is 10.6. The van der Waals surface area contributed by atoms with Crippen molar-refractivity contribution in [3.05, 3.63) is 53.6 Å². The van der Waals surface area contributed by atoms with Crippen molar-refractivity contribution in [3.8, 4) is 11.5 Å². The van der Waals surface area contributed by atoms with Gasteiger partial charge in [-0.05, 0) is 30.3 Å². The summed E-state index contributed by atoms with van der Waals surface area (Å²) >= 11 is 0. The van der Waals surface area contributed by atoms with E-state index in [2.05, 4.69) is 5.32 Å². The fourth-order valence-corrected chi connectivity index (χ4v) is 2.25. The molecule has 122 valence electrons. The smallest absolute Gasteiger partial charge is 0.339 e. The summed E-state index contributed by atoms with van der Waals surface area (Å²) in [5.74, 6) is -1.17. The van der Waals surface area contributed by atoms with Gasteiger partial charge in [0.15, 0.2) is 19.0 Å². The standard InChI is InChI=1S/C17H13NO6/c19-13(8-23-14-4-2-1-3-11(14)17(21)22)10-5-6-15-12(7-10)18-16(20)9-24-15/h1-7H,8-9H2,(H,18,20)(H,21,22). The third kappa shape index (κ3) is 3.19. The summed E-state index contributed by atoms with van der Waals surface area (Å²) in [6, 6.07) is 10.7. The second kappa shape index (κ2) is 6.41. The van der Waals surface area contributed by atoms with Gasteiger partial charge in [0.2, 0.25) is 0 Å². The van der Waals surface area contributed by atoms with Crippen LogP contribution >= 0.6 is 0 Å². The fourth-order valence-electron chi connectivity index (χ4n) is 2.25. The second-order valence-corrected chi connectivity index (χ2v) is 5.06. The molecule has 0 aliphatic carbocycles. The molecule has 2 aromatic rings. The Morgan fingerprint density at radius 3 is 2.79 bits per heavy atom. The van der Waals surface area contributed by atoms with E-state index in [0.29, 0.717) is 17.0 Å². The van der Waals surface area contributed by atoms with Crippen LogP contribution in [0, 0.1) is 0 Å². The van der Waals surface area contributed by atoms with E-state index >= 15 is 0 Å². The van der Waals surface area contributed by atoms with Gasteiger partial charge in [-0.15, -0.1) is 0 Å². The van der Waals surface area contributed by atoms with E-state index < -0.39 is 5.97 Å². The van der Waals surface area contributed by atoms with Crippen molar-refractivity contribution in [1.29, 1.82) is 0 Å². The predicted octanol–water partition coefficient (Wildman–Crippen LogP) is 1.98. The van der Waals surface area contributed by atoms with Gasteiger partial charge in [-0.3, -0.25) is 9.59 Å². The molecule has 1 heterocycles. The van der Waals surface area contributed by atoms with E-state index in [1.807, 2.05) is 0 Å². The zero-order chi connectivity index (χ0) is 17.1. The third-order valence-electron chi connectivity index (χ3n) is 3.41. The summed E-state index contributed by atoms with van der Waals surface area (Å²) in [6.07, 6.45) is 0. The van der Waals surface area contributed by atoms with Crippen LogP contribution in [-0.4, -0.2) is 36.0 Å². The number of hydrogen-bond acceptors (Lipinski definition) is 5. The van der Waals surface area contributed by atoms with Crippen molar-refractivity contribution in [1.82, 2.24) is 0 Å². The molecule has 1 aliphatic heterocycles. The van der Waals surface area contributed by atoms with E-state index in [-0.39, 0.29) is 36.2 Å². The number of para-hydroxylation sites is 1. The van der Waals surface area contributed by atoms with Gasteiger partial charge in [0.05, 0.1) is 5.69 Å². The lowest BCUT2D eigenvalue weighted by Gasteiger charge is -2.18. The van der Waals surface area contributed by atoms with Gasteiger partial charge in [-0.2, -0.15) is 0 Å². The Morgan fingerprint density at radius 2 is 2.00 bits per heavy atom. The van der Waals surface area contributed by atoms with Crippen molar-refractivity contribution in [2.75, 3.05) is 18.5 Å². The molecule has 0 spiro atoms. The number of ether oxygens (including phenoxy) is 2. The molecule has 3 rings (SSSR count). The number of carbonyl (C=O) groups is 3. The average molecular weight is 327 g/mol. The number of carboxylic acid groups (broad SMARTS) is 1. The molecule has 7 nitrogen and oxygen atoms in total. The Kier molecular flexibility index (Phi) is 4.15. The molecule has 2 N–H and O–H groups in total. The number of rotatable bonds is 5. The molecule has 0 saturated heterocycles. The first-order valence-corrected chi connectivity index (χ1v) is 7.09. The number of hydrogen-bond donors (Lipinski definition) is 2. The Hall–Kier alpha value is -3.35. The van der Waals surface area contributed by atoms with Gasteiger partial charge < -0.3 is 19.9 Å². The summed E-state index contributed by atoms with van der Waals surface area (Å²) in [4.78, 5) is 34.7. The van der Waals surface area contributed by atoms with Crippen molar-refractivity contribution < 1.29 is 29.0 Å². The summed E-state index contributed by atoms with van der Waals surface area (Å²) in [7, 11) is 0. The summed E-state index contributed by atoms with van der Waals surface area (Å²) in [5, 5.41) is 11.7. The Labute approximate surface area is 136 Å². The molecule has 0 radical (unpaired) electrons. The Morgan fingerprint density at radius 1 is 1.21 bits per heavy atom. The van der Waals surface area contributed by atoms with E-state index in [0.717, 1.165) is 0 Å². The topological polar surface area (TPSA) is 102 Å². The highest BCUT2D eigenvalue weighted by molar-refractivity contribution is 6.01. The number of carboxylic acids is 1. The minimum atomic E-state index is -1.13. The molecule has 0 atom stereocenters. The van der Waals surface area contributed by atoms with Crippen LogP contribution in [0.15, 0.2) is 42.5 Å². The highest BCUT2D eigenvalue weighted by atomic mass is 16.5. The zero-order valence-electron chi connectivity index (χ0n) is 12.4. The molecule has 1 aliphatic rings. The lowest BCUT2D eigenvalue weighted by Crippen LogP contribution is -2.25. The number of ketones is 1. The maximum absolute atomic E-state index is 12.2. The largest absolute Gasteiger partial charge is 0.485 e. The van der Waals surface area contributed by atoms with Crippen molar-refractivity contribution in [2.24, 2.45) is 0 Å². The number of aromatic carboxylic acids is 1. The molecule has 0 bridgehead atoms. The lowest BCUT2D eigenvalue weighted by molar-refractivity contribution is -0.118. The number of anilines is 1. The second-order valence-electron chi connectivity index (χ2n) is 5.06. The van der Waals surface area contributed by atoms with Crippen LogP contribution in [0.25, 0.3) is 0 Å². The number of Topliss-reactive ketones (excluding diaryl/α,β-unsaturated/α-hetero) is 1. The van der Waals surface area contributed by atoms with Crippen LogP contribution in [0.4, 0.5) is 5.69 Å². The summed E-state index contributed by atoms with van der Waals surface area (Å²) in [6.45, 7) is -0.382. The SMILES string of the molecule is O=C1COc2ccc(C(=O)COc3ccccc3C(=O)O)cc2N1. The molecule has 0 saturated carbocycles. The van der Waals surface area contributed by atoms with Crippen LogP contribution in [0.1, 0.15) is 20.7 Å². The van der Waals surface area contributed by atoms with Gasteiger partial charge >= 0.3 is 5.97 Å². The van der Waals surface area contributed by atoms with E-state index in [1.54, 1.807) is 24.3 Å². The molecule has 0 fully saturated rings. The van der Waals surface area contributed by atoms with Gasteiger partial charge in [-0.1, -0.05) is 12.1 Å². The maximum Gasteiger partial charge on any atom is 0.339 e. The minimum absolute atomic E-state index is 0.0172. The summed E-state index contributed by atoms with van der Waals surface area (Å²) in [5.41, 5.74) is 0.729. The average Bonchev–Trinajstić information content (AvgIpc) is 2.59. The Bertz CT molecular complexity index is 830. The predicted molar refractivity (Wildman–Crippen MR) is 83.8 cm³/mol. The molecular formula is C17H13NO6. The zero-order valence-corrected chi connectivity index (χ0v) is 12.4. The molecule has 1 amide bonds. The normalized spacial score (nSPS) is 12.6. The van der Waals surface area contributed by atoms with Crippen LogP contribution in [-0.2, 0) is 4.79 Å². The molecule has 24 heavy (non-hydrogen) atoms. The van der Waals surface area contributed by atoms with Gasteiger partial charge in [-0.25, -0.2) is 4.79 Å². The van der Waals surface area contributed by atoms with Crippen molar-refractivity contribution >= 4 is 23.3 Å². The molecule has 7 heteroatoms. The van der Waals surface area contributed by atoms with Crippen LogP contribution in [0.2, 0.25) is 0 Å². The van der Waals surface area contributed by atoms with Gasteiger partial charge in [0.1, 0.15) is 17.1 Å². The number of amides is 1. The van der Waals surface area contributed by atoms with Crippen LogP contribution in [0.5, 0.6) is 11.5 Å². The fraction of sp³-hybridized carbons (Fsp3) is 0.118. The first kappa shape index (κ1) is 15.5. The number of benzene rings is 2. The van der Waals surface area contributed by atoms with Crippen molar-refractivity contribution in [3.63, 3.8) is 0 Å². The van der Waals surface area contributed by atoms with E-state index in [9.17, 15) is 14.4 Å². The molecular weight excluding hydrogens is 314 g/mol. The quantitative estimate of drug-likeness (QED) is 0.814. The van der Waals surface area contributed by atoms with Crippen LogP contribution < -0.4 is 14.8 Å². The molecule has 0 unspecified atom stereocenters. The van der Waals surface area contributed by atoms with E-state index in [1.165, 1.54) is 18.2 Å². The minimum Gasteiger partial charge on any atom is -0.485 e. The highest BCUT2D eigenvalue weighted by Gasteiger charge is 2.18. The Balaban J connectivity index is 1.73. The molecule has 0 aromatic heterocycles. The van der Waals surface area contributed by atoms with Gasteiger partial charge in [0, 0.05) is 5.56 Å². The molecule has 2 aromatic carbocycles. The van der Waals surface area contributed by atoms with Crippen molar-refractivity contribution in [2.45, 2.75) is 0 Å². The number of fused-ring (bicyclic) bond motifs is 1. The highest BCUT2D eigenvalue weighted by Crippen LogP contribution is 2.28. The number of carbonyl (C=O) groups excluding carboxylic acids is 2. The monoisotopic (exact) mass is 327 g/mol. The first-order chi connectivity index (χ1) is 11.5. The van der Waals surface area contributed by atoms with E-state index in [4.69, 9.17) is 14.6 Å². The maximum atomic E-state index is 12.2. The number of nitrogens with one attached hydrogen (secondary N) is 1. The third-order valence-corrected chi connectivity index (χ3v) is 3.41. The van der Waals surface area contributed by atoms with Gasteiger partial charge in [0.25, 0.3) is 5.91 Å². The first-order valence-electron chi connectivity index (χ1n) is 7.09. The van der Waals surface area contributed by atoms with Crippen LogP contribution in [0.3, 0.4) is 0 Å². The lowest BCUT2D eigenvalue weighted by atomic mass is 10.1.